The number of carbonyl (C=O) groups is 1. The number of nitrogens with zero attached hydrogens (tertiary/aromatic N) is 1. The molecule has 0 spiro atoms. The lowest BCUT2D eigenvalue weighted by Gasteiger charge is -2.17. The lowest BCUT2D eigenvalue weighted by Crippen LogP contribution is -2.33. The molecule has 1 aromatic carbocycles. The number of aryl methyl sites for hydroxylation is 1. The first-order chi connectivity index (χ1) is 9.63. The fourth-order valence-electron chi connectivity index (χ4n) is 2.38. The average Bonchev–Trinajstić information content (AvgIpc) is 2.94. The second-order valence-corrected chi connectivity index (χ2v) is 5.17. The van der Waals surface area contributed by atoms with Crippen molar-refractivity contribution in [2.75, 3.05) is 33.4 Å². The topological polar surface area (TPSA) is 64.8 Å². The zero-order valence-electron chi connectivity index (χ0n) is 12.1. The van der Waals surface area contributed by atoms with Crippen LogP contribution in [0, 0.1) is 12.8 Å². The number of hydrogen-bond donors (Lipinski definition) is 1. The van der Waals surface area contributed by atoms with E-state index in [1.54, 1.807) is 7.11 Å². The highest BCUT2D eigenvalue weighted by Crippen LogP contribution is 2.27. The van der Waals surface area contributed by atoms with Gasteiger partial charge in [-0.15, -0.1) is 0 Å². The summed E-state index contributed by atoms with van der Waals surface area (Å²) in [7, 11) is 1.59. The SMILES string of the molecule is COc1cc(C)ccc1OCC(=O)N1CCC(CN)C1. The predicted molar refractivity (Wildman–Crippen MR) is 77.0 cm³/mol. The van der Waals surface area contributed by atoms with Crippen molar-refractivity contribution in [3.63, 3.8) is 0 Å². The number of likely N-dealkylation sites (tertiary alicyclic amines) is 1. The minimum absolute atomic E-state index is 0.00331. The minimum atomic E-state index is 0.00331. The van der Waals surface area contributed by atoms with Gasteiger partial charge in [-0.25, -0.2) is 0 Å². The van der Waals surface area contributed by atoms with E-state index in [1.807, 2.05) is 30.0 Å². The van der Waals surface area contributed by atoms with Gasteiger partial charge < -0.3 is 20.1 Å². The molecule has 1 saturated heterocycles. The summed E-state index contributed by atoms with van der Waals surface area (Å²) in [5.74, 6) is 1.68. The van der Waals surface area contributed by atoms with E-state index in [0.29, 0.717) is 24.0 Å². The third-order valence-corrected chi connectivity index (χ3v) is 3.64. The van der Waals surface area contributed by atoms with Crippen LogP contribution in [0.3, 0.4) is 0 Å². The van der Waals surface area contributed by atoms with Crippen LogP contribution in [0.25, 0.3) is 0 Å². The molecule has 20 heavy (non-hydrogen) atoms. The monoisotopic (exact) mass is 278 g/mol. The van der Waals surface area contributed by atoms with Crippen LogP contribution in [0.2, 0.25) is 0 Å². The number of ether oxygens (including phenoxy) is 2. The maximum atomic E-state index is 12.1. The zero-order valence-corrected chi connectivity index (χ0v) is 12.1. The summed E-state index contributed by atoms with van der Waals surface area (Å²) in [5, 5.41) is 0. The average molecular weight is 278 g/mol. The number of nitrogens with two attached hydrogens (primary N) is 1. The molecule has 0 radical (unpaired) electrons. The standard InChI is InChI=1S/C15H22N2O3/c1-11-3-4-13(14(7-11)19-2)20-10-15(18)17-6-5-12(8-16)9-17/h3-4,7,12H,5-6,8-10,16H2,1-2H3. The van der Waals surface area contributed by atoms with Crippen molar-refractivity contribution >= 4 is 5.91 Å². The van der Waals surface area contributed by atoms with Gasteiger partial charge in [-0.3, -0.25) is 4.79 Å². The Morgan fingerprint density at radius 1 is 1.45 bits per heavy atom. The Bertz CT molecular complexity index is 476. The van der Waals surface area contributed by atoms with Crippen molar-refractivity contribution in [2.45, 2.75) is 13.3 Å². The Hall–Kier alpha value is -1.75. The quantitative estimate of drug-likeness (QED) is 0.878. The molecule has 1 atom stereocenters. The molecule has 1 amide bonds. The van der Waals surface area contributed by atoms with Crippen molar-refractivity contribution in [3.05, 3.63) is 23.8 Å². The molecule has 0 aliphatic carbocycles. The van der Waals surface area contributed by atoms with Gasteiger partial charge in [0.25, 0.3) is 5.91 Å². The van der Waals surface area contributed by atoms with Gasteiger partial charge in [0.15, 0.2) is 18.1 Å². The molecular weight excluding hydrogens is 256 g/mol. The maximum absolute atomic E-state index is 12.1. The molecule has 5 heteroatoms. The summed E-state index contributed by atoms with van der Waals surface area (Å²) < 4.78 is 10.8. The Morgan fingerprint density at radius 2 is 2.25 bits per heavy atom. The van der Waals surface area contributed by atoms with E-state index in [1.165, 1.54) is 0 Å². The highest BCUT2D eigenvalue weighted by atomic mass is 16.5. The highest BCUT2D eigenvalue weighted by molar-refractivity contribution is 5.78. The van der Waals surface area contributed by atoms with Crippen LogP contribution in [0.1, 0.15) is 12.0 Å². The van der Waals surface area contributed by atoms with E-state index in [0.717, 1.165) is 25.1 Å². The molecule has 1 fully saturated rings. The summed E-state index contributed by atoms with van der Waals surface area (Å²) in [6.45, 7) is 4.17. The van der Waals surface area contributed by atoms with E-state index < -0.39 is 0 Å². The molecule has 1 aromatic rings. The molecule has 1 heterocycles. The van der Waals surface area contributed by atoms with Crippen molar-refractivity contribution in [1.82, 2.24) is 4.90 Å². The van der Waals surface area contributed by atoms with Gasteiger partial charge in [0.05, 0.1) is 7.11 Å². The second-order valence-electron chi connectivity index (χ2n) is 5.17. The second kappa shape index (κ2) is 6.61. The van der Waals surface area contributed by atoms with Crippen LogP contribution in [-0.2, 0) is 4.79 Å². The fraction of sp³-hybridized carbons (Fsp3) is 0.533. The molecule has 110 valence electrons. The van der Waals surface area contributed by atoms with Crippen LogP contribution >= 0.6 is 0 Å². The zero-order chi connectivity index (χ0) is 14.5. The minimum Gasteiger partial charge on any atom is -0.493 e. The normalized spacial score (nSPS) is 18.1. The number of hydrogen-bond acceptors (Lipinski definition) is 4. The van der Waals surface area contributed by atoms with Gasteiger partial charge in [0, 0.05) is 13.1 Å². The first-order valence-corrected chi connectivity index (χ1v) is 6.89. The lowest BCUT2D eigenvalue weighted by atomic mass is 10.1. The van der Waals surface area contributed by atoms with Crippen molar-refractivity contribution in [2.24, 2.45) is 11.7 Å². The number of benzene rings is 1. The summed E-state index contributed by atoms with van der Waals surface area (Å²) in [6, 6.07) is 5.65. The van der Waals surface area contributed by atoms with E-state index in [2.05, 4.69) is 0 Å². The molecule has 1 aliphatic heterocycles. The number of methoxy groups -OCH3 is 1. The van der Waals surface area contributed by atoms with Crippen LogP contribution < -0.4 is 15.2 Å². The van der Waals surface area contributed by atoms with Crippen molar-refractivity contribution in [3.8, 4) is 11.5 Å². The Labute approximate surface area is 119 Å². The van der Waals surface area contributed by atoms with Crippen molar-refractivity contribution in [1.29, 1.82) is 0 Å². The Kier molecular flexibility index (Phi) is 4.84. The number of rotatable bonds is 5. The van der Waals surface area contributed by atoms with E-state index >= 15 is 0 Å². The fourth-order valence-corrected chi connectivity index (χ4v) is 2.38. The summed E-state index contributed by atoms with van der Waals surface area (Å²) >= 11 is 0. The summed E-state index contributed by atoms with van der Waals surface area (Å²) in [4.78, 5) is 13.9. The summed E-state index contributed by atoms with van der Waals surface area (Å²) in [5.41, 5.74) is 6.72. The molecule has 1 unspecified atom stereocenters. The first-order valence-electron chi connectivity index (χ1n) is 6.89. The van der Waals surface area contributed by atoms with E-state index in [9.17, 15) is 4.79 Å². The van der Waals surface area contributed by atoms with Crippen LogP contribution in [0.15, 0.2) is 18.2 Å². The third-order valence-electron chi connectivity index (χ3n) is 3.64. The molecule has 5 nitrogen and oxygen atoms in total. The van der Waals surface area contributed by atoms with Crippen LogP contribution in [-0.4, -0.2) is 44.2 Å². The number of amides is 1. The maximum Gasteiger partial charge on any atom is 0.260 e. The largest absolute Gasteiger partial charge is 0.493 e. The Balaban J connectivity index is 1.90. The highest BCUT2D eigenvalue weighted by Gasteiger charge is 2.25. The molecule has 0 saturated carbocycles. The molecule has 0 bridgehead atoms. The number of carbonyl (C=O) groups excluding carboxylic acids is 1. The molecular formula is C15H22N2O3. The van der Waals surface area contributed by atoms with E-state index in [4.69, 9.17) is 15.2 Å². The van der Waals surface area contributed by atoms with Gasteiger partial charge in [0.2, 0.25) is 0 Å². The van der Waals surface area contributed by atoms with Crippen LogP contribution in [0.5, 0.6) is 11.5 Å². The lowest BCUT2D eigenvalue weighted by molar-refractivity contribution is -0.132. The molecule has 0 aromatic heterocycles. The molecule has 2 N–H and O–H groups in total. The summed E-state index contributed by atoms with van der Waals surface area (Å²) in [6.07, 6.45) is 0.982. The van der Waals surface area contributed by atoms with E-state index in [-0.39, 0.29) is 12.5 Å². The Morgan fingerprint density at radius 3 is 2.90 bits per heavy atom. The third kappa shape index (κ3) is 3.42. The van der Waals surface area contributed by atoms with Gasteiger partial charge in [-0.05, 0) is 43.5 Å². The van der Waals surface area contributed by atoms with Gasteiger partial charge >= 0.3 is 0 Å². The molecule has 2 rings (SSSR count). The first kappa shape index (κ1) is 14.7. The van der Waals surface area contributed by atoms with Gasteiger partial charge in [-0.1, -0.05) is 6.07 Å². The van der Waals surface area contributed by atoms with Crippen LogP contribution in [0.4, 0.5) is 0 Å². The van der Waals surface area contributed by atoms with Crippen molar-refractivity contribution < 1.29 is 14.3 Å². The van der Waals surface area contributed by atoms with Gasteiger partial charge in [-0.2, -0.15) is 0 Å². The molecule has 1 aliphatic rings. The predicted octanol–water partition coefficient (Wildman–Crippen LogP) is 1.19. The van der Waals surface area contributed by atoms with Gasteiger partial charge in [0.1, 0.15) is 0 Å². The smallest absolute Gasteiger partial charge is 0.260 e.